The van der Waals surface area contributed by atoms with E-state index in [4.69, 9.17) is 0 Å². The van der Waals surface area contributed by atoms with Gasteiger partial charge in [0, 0.05) is 39.8 Å². The molecule has 1 aliphatic heterocycles. The van der Waals surface area contributed by atoms with Crippen LogP contribution in [0.4, 0.5) is 13.2 Å². The predicted octanol–water partition coefficient (Wildman–Crippen LogP) is 1.49. The van der Waals surface area contributed by atoms with Gasteiger partial charge in [-0.15, -0.1) is 0 Å². The summed E-state index contributed by atoms with van der Waals surface area (Å²) < 4.78 is 64.8. The Hall–Kier alpha value is -1.07. The first-order valence-corrected chi connectivity index (χ1v) is 12.0. The first-order chi connectivity index (χ1) is 13.6. The minimum atomic E-state index is -4.19. The van der Waals surface area contributed by atoms with Crippen LogP contribution in [0.3, 0.4) is 0 Å². The van der Waals surface area contributed by atoms with Crippen molar-refractivity contribution in [3.63, 3.8) is 0 Å². The van der Waals surface area contributed by atoms with Crippen LogP contribution in [0.15, 0.2) is 4.99 Å². The fourth-order valence-electron chi connectivity index (χ4n) is 3.74. The Kier molecular flexibility index (Phi) is 9.02. The van der Waals surface area contributed by atoms with E-state index < -0.39 is 22.7 Å². The van der Waals surface area contributed by atoms with E-state index in [2.05, 4.69) is 15.0 Å². The quantitative estimate of drug-likeness (QED) is 0.397. The number of sulfonamides is 1. The Morgan fingerprint density at radius 1 is 1.24 bits per heavy atom. The highest BCUT2D eigenvalue weighted by Gasteiger charge is 2.33. The molecule has 29 heavy (non-hydrogen) atoms. The number of likely N-dealkylation sites (tertiary alicyclic amines) is 1. The van der Waals surface area contributed by atoms with E-state index in [0.29, 0.717) is 44.6 Å². The number of alkyl halides is 3. The molecule has 1 unspecified atom stereocenters. The van der Waals surface area contributed by atoms with Crippen molar-refractivity contribution in [3.05, 3.63) is 0 Å². The third-order valence-electron chi connectivity index (χ3n) is 5.63. The van der Waals surface area contributed by atoms with Crippen LogP contribution in [0.2, 0.25) is 0 Å². The van der Waals surface area contributed by atoms with Crippen molar-refractivity contribution in [2.45, 2.75) is 38.8 Å². The Morgan fingerprint density at radius 2 is 1.97 bits per heavy atom. The summed E-state index contributed by atoms with van der Waals surface area (Å²) in [4.78, 5) is 7.61. The van der Waals surface area contributed by atoms with E-state index in [-0.39, 0.29) is 18.2 Å². The highest BCUT2D eigenvalue weighted by atomic mass is 32.2. The number of guanidine groups is 1. The van der Waals surface area contributed by atoms with Gasteiger partial charge < -0.3 is 10.2 Å². The normalized spacial score (nSPS) is 21.7. The molecule has 0 bridgehead atoms. The summed E-state index contributed by atoms with van der Waals surface area (Å²) in [5, 5.41) is 3.07. The SMILES string of the molecule is CCN(CC1CCN(C(=NC)NCCS(=O)(=O)NCC2CCC2)C1)CC(F)(F)F. The molecule has 1 saturated heterocycles. The summed E-state index contributed by atoms with van der Waals surface area (Å²) in [5.74, 6) is 1.15. The average molecular weight is 442 g/mol. The lowest BCUT2D eigenvalue weighted by atomic mass is 9.86. The van der Waals surface area contributed by atoms with Crippen LogP contribution in [0.1, 0.15) is 32.6 Å². The van der Waals surface area contributed by atoms with E-state index in [1.807, 2.05) is 4.90 Å². The zero-order chi connectivity index (χ0) is 21.5. The van der Waals surface area contributed by atoms with Gasteiger partial charge in [-0.1, -0.05) is 13.3 Å². The molecule has 0 radical (unpaired) electrons. The lowest BCUT2D eigenvalue weighted by Crippen LogP contribution is -2.44. The largest absolute Gasteiger partial charge is 0.401 e. The van der Waals surface area contributed by atoms with Crippen LogP contribution in [-0.2, 0) is 10.0 Å². The Bertz CT molecular complexity index is 638. The molecule has 2 fully saturated rings. The van der Waals surface area contributed by atoms with E-state index in [1.54, 1.807) is 14.0 Å². The monoisotopic (exact) mass is 441 g/mol. The molecule has 1 saturated carbocycles. The molecular weight excluding hydrogens is 407 g/mol. The molecule has 2 aliphatic rings. The van der Waals surface area contributed by atoms with Gasteiger partial charge in [-0.2, -0.15) is 13.2 Å². The van der Waals surface area contributed by atoms with Crippen LogP contribution < -0.4 is 10.0 Å². The van der Waals surface area contributed by atoms with Crippen molar-refractivity contribution in [2.24, 2.45) is 16.8 Å². The van der Waals surface area contributed by atoms with E-state index in [1.165, 1.54) is 11.3 Å². The minimum Gasteiger partial charge on any atom is -0.355 e. The number of rotatable bonds is 10. The standard InChI is InChI=1S/C18H34F3N5O2S/c1-3-25(14-18(19,20)21)12-16-7-9-26(13-16)17(22-2)23-8-10-29(27,28)24-11-15-5-4-6-15/h15-16,24H,3-14H2,1-2H3,(H,22,23). The summed E-state index contributed by atoms with van der Waals surface area (Å²) in [5.41, 5.74) is 0. The summed E-state index contributed by atoms with van der Waals surface area (Å²) in [7, 11) is -1.70. The summed E-state index contributed by atoms with van der Waals surface area (Å²) in [6, 6.07) is 0. The maximum absolute atomic E-state index is 12.6. The fraction of sp³-hybridized carbons (Fsp3) is 0.944. The van der Waals surface area contributed by atoms with Gasteiger partial charge in [0.25, 0.3) is 0 Å². The van der Waals surface area contributed by atoms with Crippen molar-refractivity contribution >= 4 is 16.0 Å². The molecule has 1 atom stereocenters. The Morgan fingerprint density at radius 3 is 2.52 bits per heavy atom. The molecule has 7 nitrogen and oxygen atoms in total. The number of nitrogens with one attached hydrogen (secondary N) is 2. The van der Waals surface area contributed by atoms with Crippen molar-refractivity contribution in [3.8, 4) is 0 Å². The highest BCUT2D eigenvalue weighted by molar-refractivity contribution is 7.89. The van der Waals surface area contributed by atoms with Gasteiger partial charge in [0.1, 0.15) is 0 Å². The van der Waals surface area contributed by atoms with Crippen LogP contribution >= 0.6 is 0 Å². The molecule has 1 aliphatic carbocycles. The highest BCUT2D eigenvalue weighted by Crippen LogP contribution is 2.25. The number of aliphatic imine (C=N–C) groups is 1. The van der Waals surface area contributed by atoms with Gasteiger partial charge in [0.15, 0.2) is 5.96 Å². The van der Waals surface area contributed by atoms with Gasteiger partial charge in [0.05, 0.1) is 12.3 Å². The van der Waals surface area contributed by atoms with E-state index in [9.17, 15) is 21.6 Å². The summed E-state index contributed by atoms with van der Waals surface area (Å²) in [6.07, 6.45) is -0.0579. The van der Waals surface area contributed by atoms with Crippen LogP contribution in [0, 0.1) is 11.8 Å². The number of halogens is 3. The third-order valence-corrected chi connectivity index (χ3v) is 6.98. The van der Waals surface area contributed by atoms with Gasteiger partial charge in [0.2, 0.25) is 10.0 Å². The zero-order valence-corrected chi connectivity index (χ0v) is 18.2. The van der Waals surface area contributed by atoms with Crippen LogP contribution in [0.25, 0.3) is 0 Å². The van der Waals surface area contributed by atoms with Gasteiger partial charge in [-0.25, -0.2) is 13.1 Å². The van der Waals surface area contributed by atoms with E-state index >= 15 is 0 Å². The maximum atomic E-state index is 12.6. The molecule has 0 aromatic rings. The topological polar surface area (TPSA) is 77.0 Å². The minimum absolute atomic E-state index is 0.0365. The number of hydrogen-bond donors (Lipinski definition) is 2. The van der Waals surface area contributed by atoms with Crippen LogP contribution in [0.5, 0.6) is 0 Å². The molecule has 0 spiro atoms. The first-order valence-electron chi connectivity index (χ1n) is 10.3. The van der Waals surface area contributed by atoms with Gasteiger partial charge in [-0.3, -0.25) is 9.89 Å². The second-order valence-electron chi connectivity index (χ2n) is 7.98. The van der Waals surface area contributed by atoms with Crippen LogP contribution in [-0.4, -0.2) is 89.0 Å². The lowest BCUT2D eigenvalue weighted by molar-refractivity contribution is -0.146. The second kappa shape index (κ2) is 10.8. The molecule has 11 heteroatoms. The van der Waals surface area contributed by atoms with Gasteiger partial charge in [-0.05, 0) is 37.6 Å². The van der Waals surface area contributed by atoms with Gasteiger partial charge >= 0.3 is 6.18 Å². The fourth-order valence-corrected chi connectivity index (χ4v) is 4.75. The lowest BCUT2D eigenvalue weighted by Gasteiger charge is -2.26. The molecular formula is C18H34F3N5O2S. The Labute approximate surface area is 172 Å². The zero-order valence-electron chi connectivity index (χ0n) is 17.3. The molecule has 1 heterocycles. The third kappa shape index (κ3) is 8.67. The molecule has 0 aromatic heterocycles. The smallest absolute Gasteiger partial charge is 0.355 e. The molecule has 0 amide bonds. The van der Waals surface area contributed by atoms with Crippen molar-refractivity contribution in [2.75, 3.05) is 58.6 Å². The Balaban J connectivity index is 1.73. The average Bonchev–Trinajstić information content (AvgIpc) is 3.03. The maximum Gasteiger partial charge on any atom is 0.401 e. The number of hydrogen-bond acceptors (Lipinski definition) is 4. The molecule has 2 N–H and O–H groups in total. The first kappa shape index (κ1) is 24.2. The summed E-state index contributed by atoms with van der Waals surface area (Å²) >= 11 is 0. The molecule has 170 valence electrons. The number of nitrogens with zero attached hydrogens (tertiary/aromatic N) is 3. The predicted molar refractivity (Wildman–Crippen MR) is 108 cm³/mol. The van der Waals surface area contributed by atoms with E-state index in [0.717, 1.165) is 19.3 Å². The second-order valence-corrected chi connectivity index (χ2v) is 9.91. The molecule has 0 aromatic carbocycles. The molecule has 2 rings (SSSR count). The van der Waals surface area contributed by atoms with Crippen molar-refractivity contribution in [1.29, 1.82) is 0 Å². The summed E-state index contributed by atoms with van der Waals surface area (Å²) in [6.45, 7) is 3.65. The van der Waals surface area contributed by atoms with Crippen molar-refractivity contribution in [1.82, 2.24) is 19.8 Å². The van der Waals surface area contributed by atoms with Crippen molar-refractivity contribution < 1.29 is 21.6 Å².